The van der Waals surface area contributed by atoms with Gasteiger partial charge in [-0.1, -0.05) is 24.6 Å². The second-order valence-corrected chi connectivity index (χ2v) is 4.31. The van der Waals surface area contributed by atoms with Crippen molar-refractivity contribution in [3.05, 3.63) is 39.9 Å². The minimum Gasteiger partial charge on any atom is -0.258 e. The van der Waals surface area contributed by atoms with Crippen LogP contribution in [0.5, 0.6) is 0 Å². The SMILES string of the molecule is N#CC1(Cc2ccccc2[N+](=O)[O-])CCC1. The Morgan fingerprint density at radius 2 is 2.12 bits per heavy atom. The number of para-hydroxylation sites is 1. The molecular formula is C12H12N2O2. The molecule has 1 saturated carbocycles. The van der Waals surface area contributed by atoms with Crippen molar-refractivity contribution < 1.29 is 4.92 Å². The van der Waals surface area contributed by atoms with Gasteiger partial charge in [0, 0.05) is 11.6 Å². The Balaban J connectivity index is 2.28. The van der Waals surface area contributed by atoms with Gasteiger partial charge in [0.05, 0.1) is 16.4 Å². The lowest BCUT2D eigenvalue weighted by molar-refractivity contribution is -0.385. The van der Waals surface area contributed by atoms with Crippen molar-refractivity contribution in [1.82, 2.24) is 0 Å². The molecule has 16 heavy (non-hydrogen) atoms. The zero-order chi connectivity index (χ0) is 11.6. The van der Waals surface area contributed by atoms with E-state index in [4.69, 9.17) is 5.26 Å². The zero-order valence-corrected chi connectivity index (χ0v) is 8.85. The van der Waals surface area contributed by atoms with E-state index >= 15 is 0 Å². The summed E-state index contributed by atoms with van der Waals surface area (Å²) in [6.45, 7) is 0. The molecule has 0 amide bonds. The number of rotatable bonds is 3. The molecule has 0 aliphatic heterocycles. The van der Waals surface area contributed by atoms with Crippen molar-refractivity contribution in [1.29, 1.82) is 5.26 Å². The minimum absolute atomic E-state index is 0.129. The molecule has 1 fully saturated rings. The number of nitriles is 1. The lowest BCUT2D eigenvalue weighted by Crippen LogP contribution is -2.30. The lowest BCUT2D eigenvalue weighted by Gasteiger charge is -2.35. The van der Waals surface area contributed by atoms with Crippen LogP contribution in [-0.2, 0) is 6.42 Å². The summed E-state index contributed by atoms with van der Waals surface area (Å²) in [5.74, 6) is 0. The Morgan fingerprint density at radius 3 is 2.62 bits per heavy atom. The summed E-state index contributed by atoms with van der Waals surface area (Å²) in [6.07, 6.45) is 3.26. The third kappa shape index (κ3) is 1.76. The fraction of sp³-hybridized carbons (Fsp3) is 0.417. The molecule has 2 rings (SSSR count). The van der Waals surface area contributed by atoms with Crippen LogP contribution in [0.4, 0.5) is 5.69 Å². The average Bonchev–Trinajstić information content (AvgIpc) is 2.24. The maximum atomic E-state index is 10.8. The van der Waals surface area contributed by atoms with Crippen molar-refractivity contribution in [2.24, 2.45) is 5.41 Å². The quantitative estimate of drug-likeness (QED) is 0.576. The maximum Gasteiger partial charge on any atom is 0.272 e. The molecule has 0 heterocycles. The van der Waals surface area contributed by atoms with E-state index in [1.807, 2.05) is 0 Å². The highest BCUT2D eigenvalue weighted by Gasteiger charge is 2.38. The van der Waals surface area contributed by atoms with E-state index < -0.39 is 0 Å². The first-order valence-corrected chi connectivity index (χ1v) is 5.30. The first-order valence-electron chi connectivity index (χ1n) is 5.30. The summed E-state index contributed by atoms with van der Waals surface area (Å²) in [5.41, 5.74) is 0.448. The molecule has 0 unspecified atom stereocenters. The normalized spacial score (nSPS) is 17.2. The van der Waals surface area contributed by atoms with E-state index in [0.29, 0.717) is 12.0 Å². The van der Waals surface area contributed by atoms with Gasteiger partial charge in [0.2, 0.25) is 0 Å². The first-order chi connectivity index (χ1) is 7.67. The van der Waals surface area contributed by atoms with Crippen molar-refractivity contribution in [3.63, 3.8) is 0 Å². The molecule has 0 bridgehead atoms. The van der Waals surface area contributed by atoms with Crippen LogP contribution in [0.3, 0.4) is 0 Å². The Labute approximate surface area is 93.7 Å². The molecule has 0 atom stereocenters. The molecule has 1 aliphatic rings. The average molecular weight is 216 g/mol. The maximum absolute atomic E-state index is 10.8. The van der Waals surface area contributed by atoms with Crippen LogP contribution < -0.4 is 0 Å². The monoisotopic (exact) mass is 216 g/mol. The van der Waals surface area contributed by atoms with Gasteiger partial charge in [-0.2, -0.15) is 5.26 Å². The molecule has 1 aromatic rings. The van der Waals surface area contributed by atoms with Gasteiger partial charge in [-0.15, -0.1) is 0 Å². The van der Waals surface area contributed by atoms with Crippen LogP contribution in [-0.4, -0.2) is 4.92 Å². The summed E-state index contributed by atoms with van der Waals surface area (Å²) in [7, 11) is 0. The topological polar surface area (TPSA) is 66.9 Å². The summed E-state index contributed by atoms with van der Waals surface area (Å²) in [5, 5.41) is 19.9. The molecule has 0 spiro atoms. The Morgan fingerprint density at radius 1 is 1.44 bits per heavy atom. The fourth-order valence-electron chi connectivity index (χ4n) is 2.13. The van der Waals surface area contributed by atoms with Crippen LogP contribution in [0.25, 0.3) is 0 Å². The molecule has 82 valence electrons. The summed E-state index contributed by atoms with van der Waals surface area (Å²) >= 11 is 0. The van der Waals surface area contributed by atoms with Gasteiger partial charge in [0.15, 0.2) is 0 Å². The van der Waals surface area contributed by atoms with Crippen molar-refractivity contribution >= 4 is 5.69 Å². The predicted octanol–water partition coefficient (Wildman–Crippen LogP) is 2.83. The van der Waals surface area contributed by atoms with Crippen LogP contribution in [0.15, 0.2) is 24.3 Å². The van der Waals surface area contributed by atoms with E-state index in [1.165, 1.54) is 6.07 Å². The molecule has 0 aromatic heterocycles. The second-order valence-electron chi connectivity index (χ2n) is 4.31. The molecule has 0 radical (unpaired) electrons. The van der Waals surface area contributed by atoms with E-state index in [0.717, 1.165) is 19.3 Å². The van der Waals surface area contributed by atoms with Crippen molar-refractivity contribution in [2.75, 3.05) is 0 Å². The number of nitrogens with zero attached hydrogens (tertiary/aromatic N) is 2. The standard InChI is InChI=1S/C12H12N2O2/c13-9-12(6-3-7-12)8-10-4-1-2-5-11(10)14(15)16/h1-2,4-5H,3,6-8H2. The molecular weight excluding hydrogens is 204 g/mol. The van der Waals surface area contributed by atoms with Crippen molar-refractivity contribution in [3.8, 4) is 6.07 Å². The third-order valence-electron chi connectivity index (χ3n) is 3.26. The highest BCUT2D eigenvalue weighted by atomic mass is 16.6. The smallest absolute Gasteiger partial charge is 0.258 e. The van der Waals surface area contributed by atoms with E-state index in [2.05, 4.69) is 6.07 Å². The second kappa shape index (κ2) is 3.93. The van der Waals surface area contributed by atoms with E-state index in [1.54, 1.807) is 18.2 Å². The molecule has 1 aliphatic carbocycles. The summed E-state index contributed by atoms with van der Waals surface area (Å²) in [6, 6.07) is 8.99. The molecule has 0 N–H and O–H groups in total. The Kier molecular flexibility index (Phi) is 2.61. The summed E-state index contributed by atoms with van der Waals surface area (Å²) < 4.78 is 0. The molecule has 4 nitrogen and oxygen atoms in total. The van der Waals surface area contributed by atoms with Gasteiger partial charge in [-0.05, 0) is 19.3 Å². The molecule has 1 aromatic carbocycles. The highest BCUT2D eigenvalue weighted by molar-refractivity contribution is 5.41. The zero-order valence-electron chi connectivity index (χ0n) is 8.85. The van der Waals surface area contributed by atoms with Gasteiger partial charge in [0.1, 0.15) is 0 Å². The number of hydrogen-bond donors (Lipinski definition) is 0. The number of nitro groups is 1. The van der Waals surface area contributed by atoms with Crippen LogP contribution in [0, 0.1) is 26.9 Å². The largest absolute Gasteiger partial charge is 0.272 e. The van der Waals surface area contributed by atoms with Crippen LogP contribution in [0.2, 0.25) is 0 Å². The van der Waals surface area contributed by atoms with Crippen LogP contribution in [0.1, 0.15) is 24.8 Å². The Bertz CT molecular complexity index is 458. The highest BCUT2D eigenvalue weighted by Crippen LogP contribution is 2.44. The Hall–Kier alpha value is -1.89. The number of nitro benzene ring substituents is 1. The number of hydrogen-bond acceptors (Lipinski definition) is 3. The lowest BCUT2D eigenvalue weighted by atomic mass is 9.66. The van der Waals surface area contributed by atoms with Gasteiger partial charge >= 0.3 is 0 Å². The van der Waals surface area contributed by atoms with E-state index in [9.17, 15) is 10.1 Å². The third-order valence-corrected chi connectivity index (χ3v) is 3.26. The van der Waals surface area contributed by atoms with Crippen molar-refractivity contribution in [2.45, 2.75) is 25.7 Å². The van der Waals surface area contributed by atoms with Gasteiger partial charge in [-0.3, -0.25) is 10.1 Å². The van der Waals surface area contributed by atoms with Crippen LogP contribution >= 0.6 is 0 Å². The first kappa shape index (κ1) is 10.6. The minimum atomic E-state index is -0.376. The number of benzene rings is 1. The van der Waals surface area contributed by atoms with Gasteiger partial charge in [0.25, 0.3) is 5.69 Å². The summed E-state index contributed by atoms with van der Waals surface area (Å²) in [4.78, 5) is 10.4. The molecule has 4 heteroatoms. The van der Waals surface area contributed by atoms with Gasteiger partial charge in [-0.25, -0.2) is 0 Å². The fourth-order valence-corrected chi connectivity index (χ4v) is 2.13. The predicted molar refractivity (Wildman–Crippen MR) is 58.7 cm³/mol. The molecule has 0 saturated heterocycles. The van der Waals surface area contributed by atoms with Gasteiger partial charge < -0.3 is 0 Å². The van der Waals surface area contributed by atoms with E-state index in [-0.39, 0.29) is 16.0 Å².